The van der Waals surface area contributed by atoms with E-state index in [1.807, 2.05) is 32.0 Å². The molecular formula is C23H23N3O3. The van der Waals surface area contributed by atoms with E-state index in [0.717, 1.165) is 22.5 Å². The average molecular weight is 389 g/mol. The minimum absolute atomic E-state index is 0.207. The number of nitrogens with zero attached hydrogens (tertiary/aromatic N) is 1. The number of rotatable bonds is 6. The Labute approximate surface area is 169 Å². The monoisotopic (exact) mass is 389 g/mol. The Morgan fingerprint density at radius 3 is 2.48 bits per heavy atom. The largest absolute Gasteiger partial charge is 0.462 e. The molecule has 29 heavy (non-hydrogen) atoms. The summed E-state index contributed by atoms with van der Waals surface area (Å²) in [4.78, 5) is 28.6. The van der Waals surface area contributed by atoms with Crippen LogP contribution in [0.25, 0.3) is 0 Å². The van der Waals surface area contributed by atoms with Gasteiger partial charge < -0.3 is 15.4 Å². The van der Waals surface area contributed by atoms with E-state index in [9.17, 15) is 9.59 Å². The second kappa shape index (κ2) is 9.01. The van der Waals surface area contributed by atoms with E-state index in [1.54, 1.807) is 49.5 Å². The molecule has 3 rings (SSSR count). The predicted molar refractivity (Wildman–Crippen MR) is 114 cm³/mol. The zero-order valence-electron chi connectivity index (χ0n) is 16.7. The Balaban J connectivity index is 1.71. The van der Waals surface area contributed by atoms with Crippen LogP contribution in [0.15, 0.2) is 60.8 Å². The molecule has 0 radical (unpaired) electrons. The number of ether oxygens (including phenoxy) is 1. The third-order valence-corrected chi connectivity index (χ3v) is 4.54. The molecule has 1 aromatic heterocycles. The average Bonchev–Trinajstić information content (AvgIpc) is 2.72. The lowest BCUT2D eigenvalue weighted by atomic mass is 10.1. The summed E-state index contributed by atoms with van der Waals surface area (Å²) in [5, 5.41) is 6.08. The maximum Gasteiger partial charge on any atom is 0.338 e. The van der Waals surface area contributed by atoms with Crippen molar-refractivity contribution < 1.29 is 14.3 Å². The zero-order chi connectivity index (χ0) is 20.8. The SMILES string of the molecule is CCOC(=O)c1ccc(Nc2cc(C(=O)Nc3cccc(C)c3C)ccn2)cc1. The van der Waals surface area contributed by atoms with Gasteiger partial charge in [-0.25, -0.2) is 9.78 Å². The molecule has 0 atom stereocenters. The first kappa shape index (κ1) is 20.1. The van der Waals surface area contributed by atoms with E-state index >= 15 is 0 Å². The molecule has 2 N–H and O–H groups in total. The Morgan fingerprint density at radius 1 is 1.00 bits per heavy atom. The molecule has 0 spiro atoms. The molecule has 0 aliphatic heterocycles. The fourth-order valence-electron chi connectivity index (χ4n) is 2.77. The number of anilines is 3. The third-order valence-electron chi connectivity index (χ3n) is 4.54. The number of esters is 1. The molecule has 3 aromatic rings. The summed E-state index contributed by atoms with van der Waals surface area (Å²) in [5.74, 6) is -0.0356. The summed E-state index contributed by atoms with van der Waals surface area (Å²) in [5.41, 5.74) is 4.66. The second-order valence-electron chi connectivity index (χ2n) is 6.55. The molecule has 0 saturated carbocycles. The zero-order valence-corrected chi connectivity index (χ0v) is 16.7. The molecular weight excluding hydrogens is 366 g/mol. The number of aryl methyl sites for hydroxylation is 1. The summed E-state index contributed by atoms with van der Waals surface area (Å²) >= 11 is 0. The van der Waals surface area contributed by atoms with Crippen LogP contribution < -0.4 is 10.6 Å². The molecule has 1 amide bonds. The van der Waals surface area contributed by atoms with E-state index in [0.29, 0.717) is 23.6 Å². The number of carbonyl (C=O) groups is 2. The summed E-state index contributed by atoms with van der Waals surface area (Å²) in [6, 6.07) is 16.0. The summed E-state index contributed by atoms with van der Waals surface area (Å²) in [6.45, 7) is 6.08. The highest BCUT2D eigenvalue weighted by molar-refractivity contribution is 6.05. The van der Waals surface area contributed by atoms with Crippen molar-refractivity contribution in [2.24, 2.45) is 0 Å². The van der Waals surface area contributed by atoms with Crippen molar-refractivity contribution in [1.29, 1.82) is 0 Å². The highest BCUT2D eigenvalue weighted by atomic mass is 16.5. The molecule has 0 fully saturated rings. The Kier molecular flexibility index (Phi) is 6.24. The van der Waals surface area contributed by atoms with Crippen LogP contribution in [0.3, 0.4) is 0 Å². The van der Waals surface area contributed by atoms with Crippen LogP contribution >= 0.6 is 0 Å². The lowest BCUT2D eigenvalue weighted by Gasteiger charge is -2.11. The van der Waals surface area contributed by atoms with Crippen LogP contribution in [0.2, 0.25) is 0 Å². The highest BCUT2D eigenvalue weighted by Gasteiger charge is 2.10. The van der Waals surface area contributed by atoms with Gasteiger partial charge in [0, 0.05) is 23.1 Å². The first-order valence-electron chi connectivity index (χ1n) is 9.35. The smallest absolute Gasteiger partial charge is 0.338 e. The topological polar surface area (TPSA) is 80.3 Å². The molecule has 0 bridgehead atoms. The molecule has 0 aliphatic rings. The van der Waals surface area contributed by atoms with E-state index in [4.69, 9.17) is 4.74 Å². The van der Waals surface area contributed by atoms with Crippen LogP contribution in [-0.2, 0) is 4.74 Å². The Morgan fingerprint density at radius 2 is 1.76 bits per heavy atom. The summed E-state index contributed by atoms with van der Waals surface area (Å²) in [7, 11) is 0. The van der Waals surface area contributed by atoms with Gasteiger partial charge in [0.25, 0.3) is 5.91 Å². The van der Waals surface area contributed by atoms with Crippen molar-refractivity contribution in [2.75, 3.05) is 17.2 Å². The maximum absolute atomic E-state index is 12.6. The highest BCUT2D eigenvalue weighted by Crippen LogP contribution is 2.20. The lowest BCUT2D eigenvalue weighted by molar-refractivity contribution is 0.0526. The van der Waals surface area contributed by atoms with E-state index in [1.165, 1.54) is 0 Å². The number of hydrogen-bond donors (Lipinski definition) is 2. The van der Waals surface area contributed by atoms with Gasteiger partial charge in [-0.15, -0.1) is 0 Å². The number of amides is 1. The standard InChI is InChI=1S/C23H23N3O3/c1-4-29-23(28)17-8-10-19(11-9-17)25-21-14-18(12-13-24-21)22(27)26-20-7-5-6-15(2)16(20)3/h5-14H,4H2,1-3H3,(H,24,25)(H,26,27). The molecule has 0 aliphatic carbocycles. The normalized spacial score (nSPS) is 10.3. The van der Waals surface area contributed by atoms with Crippen molar-refractivity contribution in [3.8, 4) is 0 Å². The fraction of sp³-hybridized carbons (Fsp3) is 0.174. The Bertz CT molecular complexity index is 1030. The van der Waals surface area contributed by atoms with Gasteiger partial charge in [0.15, 0.2) is 0 Å². The molecule has 2 aromatic carbocycles. The molecule has 6 heteroatoms. The van der Waals surface area contributed by atoms with E-state index < -0.39 is 0 Å². The number of pyridine rings is 1. The molecule has 0 unspecified atom stereocenters. The van der Waals surface area contributed by atoms with Crippen LogP contribution in [0, 0.1) is 13.8 Å². The number of hydrogen-bond acceptors (Lipinski definition) is 5. The van der Waals surface area contributed by atoms with Crippen LogP contribution in [0.1, 0.15) is 38.8 Å². The van der Waals surface area contributed by atoms with Crippen molar-refractivity contribution in [3.63, 3.8) is 0 Å². The van der Waals surface area contributed by atoms with Gasteiger partial charge in [0.2, 0.25) is 0 Å². The molecule has 6 nitrogen and oxygen atoms in total. The molecule has 148 valence electrons. The maximum atomic E-state index is 12.6. The number of nitrogens with one attached hydrogen (secondary N) is 2. The minimum Gasteiger partial charge on any atom is -0.462 e. The lowest BCUT2D eigenvalue weighted by Crippen LogP contribution is -2.13. The quantitative estimate of drug-likeness (QED) is 0.588. The van der Waals surface area contributed by atoms with Gasteiger partial charge in [-0.05, 0) is 74.4 Å². The molecule has 0 saturated heterocycles. The first-order chi connectivity index (χ1) is 14.0. The van der Waals surface area contributed by atoms with Crippen molar-refractivity contribution in [2.45, 2.75) is 20.8 Å². The van der Waals surface area contributed by atoms with Gasteiger partial charge in [-0.3, -0.25) is 4.79 Å². The fourth-order valence-corrected chi connectivity index (χ4v) is 2.77. The predicted octanol–water partition coefficient (Wildman–Crippen LogP) is 4.87. The second-order valence-corrected chi connectivity index (χ2v) is 6.55. The Hall–Kier alpha value is -3.67. The van der Waals surface area contributed by atoms with Gasteiger partial charge in [-0.1, -0.05) is 12.1 Å². The van der Waals surface area contributed by atoms with Crippen molar-refractivity contribution >= 4 is 29.1 Å². The van der Waals surface area contributed by atoms with Crippen LogP contribution in [0.5, 0.6) is 0 Å². The first-order valence-corrected chi connectivity index (χ1v) is 9.35. The minimum atomic E-state index is -0.359. The van der Waals surface area contributed by atoms with E-state index in [-0.39, 0.29) is 11.9 Å². The molecule has 1 heterocycles. The van der Waals surface area contributed by atoms with Gasteiger partial charge in [-0.2, -0.15) is 0 Å². The van der Waals surface area contributed by atoms with Crippen LogP contribution in [0.4, 0.5) is 17.2 Å². The van der Waals surface area contributed by atoms with Crippen LogP contribution in [-0.4, -0.2) is 23.5 Å². The van der Waals surface area contributed by atoms with Gasteiger partial charge in [0.05, 0.1) is 12.2 Å². The van der Waals surface area contributed by atoms with Crippen molar-refractivity contribution in [1.82, 2.24) is 4.98 Å². The number of aromatic nitrogens is 1. The third kappa shape index (κ3) is 4.99. The summed E-state index contributed by atoms with van der Waals surface area (Å²) in [6.07, 6.45) is 1.58. The van der Waals surface area contributed by atoms with E-state index in [2.05, 4.69) is 15.6 Å². The number of benzene rings is 2. The van der Waals surface area contributed by atoms with Crippen molar-refractivity contribution in [3.05, 3.63) is 83.0 Å². The number of carbonyl (C=O) groups excluding carboxylic acids is 2. The van der Waals surface area contributed by atoms with Gasteiger partial charge >= 0.3 is 5.97 Å². The van der Waals surface area contributed by atoms with Gasteiger partial charge in [0.1, 0.15) is 5.82 Å². The summed E-state index contributed by atoms with van der Waals surface area (Å²) < 4.78 is 4.98.